The van der Waals surface area contributed by atoms with Gasteiger partial charge in [-0.1, -0.05) is 67.8 Å². The number of aliphatic hydroxyl groups is 1. The predicted molar refractivity (Wildman–Crippen MR) is 82.0 cm³/mol. The quantitative estimate of drug-likeness (QED) is 0.486. The van der Waals surface area contributed by atoms with Gasteiger partial charge in [0.15, 0.2) is 0 Å². The molecule has 0 aliphatic heterocycles. The van der Waals surface area contributed by atoms with Crippen molar-refractivity contribution in [2.45, 2.75) is 58.3 Å². The third kappa shape index (κ3) is 26.2. The molecule has 1 N–H and O–H groups in total. The highest BCUT2D eigenvalue weighted by molar-refractivity contribution is 9.09. The number of halogens is 1. The SMILES string of the molecule is CCCCCCCCCCBr.CN(C)CCO. The maximum absolute atomic E-state index is 8.20. The van der Waals surface area contributed by atoms with E-state index in [1.165, 1.54) is 56.7 Å². The molecule has 0 atom stereocenters. The van der Waals surface area contributed by atoms with E-state index >= 15 is 0 Å². The second-order valence-electron chi connectivity index (χ2n) is 4.69. The Morgan fingerprint density at radius 1 is 0.882 bits per heavy atom. The normalized spacial score (nSPS) is 10.2. The molecule has 0 radical (unpaired) electrons. The number of hydrogen-bond donors (Lipinski definition) is 1. The van der Waals surface area contributed by atoms with Crippen LogP contribution in [0.4, 0.5) is 0 Å². The maximum Gasteiger partial charge on any atom is 0.0558 e. The lowest BCUT2D eigenvalue weighted by atomic mass is 10.1. The van der Waals surface area contributed by atoms with E-state index in [0.29, 0.717) is 0 Å². The van der Waals surface area contributed by atoms with Gasteiger partial charge in [0.1, 0.15) is 0 Å². The molecule has 0 aromatic carbocycles. The molecule has 0 spiro atoms. The Kier molecular flexibility index (Phi) is 21.8. The summed E-state index contributed by atoms with van der Waals surface area (Å²) in [6, 6.07) is 0. The average Bonchev–Trinajstić information content (AvgIpc) is 2.29. The Labute approximate surface area is 117 Å². The van der Waals surface area contributed by atoms with E-state index in [4.69, 9.17) is 5.11 Å². The summed E-state index contributed by atoms with van der Waals surface area (Å²) in [5.74, 6) is 0. The van der Waals surface area contributed by atoms with E-state index < -0.39 is 0 Å². The van der Waals surface area contributed by atoms with Crippen LogP contribution in [-0.2, 0) is 0 Å². The monoisotopic (exact) mass is 309 g/mol. The van der Waals surface area contributed by atoms with Crippen molar-refractivity contribution in [3.05, 3.63) is 0 Å². The molecule has 0 aromatic rings. The molecular weight excluding hydrogens is 278 g/mol. The Morgan fingerprint density at radius 2 is 1.35 bits per heavy atom. The molecule has 0 bridgehead atoms. The van der Waals surface area contributed by atoms with Crippen LogP contribution in [0.3, 0.4) is 0 Å². The van der Waals surface area contributed by atoms with Gasteiger partial charge in [0.05, 0.1) is 6.61 Å². The summed E-state index contributed by atoms with van der Waals surface area (Å²) in [4.78, 5) is 1.93. The van der Waals surface area contributed by atoms with Crippen LogP contribution >= 0.6 is 15.9 Å². The molecule has 0 heterocycles. The van der Waals surface area contributed by atoms with Crippen LogP contribution in [0, 0.1) is 0 Å². The number of rotatable bonds is 10. The highest BCUT2D eigenvalue weighted by atomic mass is 79.9. The molecule has 3 heteroatoms. The van der Waals surface area contributed by atoms with E-state index in [9.17, 15) is 0 Å². The molecule has 106 valence electrons. The van der Waals surface area contributed by atoms with E-state index in [1.807, 2.05) is 19.0 Å². The molecule has 0 unspecified atom stereocenters. The zero-order chi connectivity index (χ0) is 13.4. The van der Waals surface area contributed by atoms with E-state index in [0.717, 1.165) is 6.54 Å². The van der Waals surface area contributed by atoms with Crippen LogP contribution in [0.2, 0.25) is 0 Å². The van der Waals surface area contributed by atoms with Crippen LogP contribution in [0.5, 0.6) is 0 Å². The van der Waals surface area contributed by atoms with Crippen molar-refractivity contribution in [1.82, 2.24) is 4.90 Å². The lowest BCUT2D eigenvalue weighted by molar-refractivity contribution is 0.243. The Morgan fingerprint density at radius 3 is 1.65 bits per heavy atom. The molecule has 0 aliphatic carbocycles. The lowest BCUT2D eigenvalue weighted by Gasteiger charge is -2.03. The zero-order valence-electron chi connectivity index (χ0n) is 12.1. The summed E-state index contributed by atoms with van der Waals surface area (Å²) in [7, 11) is 3.85. The van der Waals surface area contributed by atoms with Crippen LogP contribution in [-0.4, -0.2) is 42.6 Å². The first-order valence-electron chi connectivity index (χ1n) is 7.00. The second-order valence-corrected chi connectivity index (χ2v) is 5.48. The predicted octanol–water partition coefficient (Wildman–Crippen LogP) is 4.06. The van der Waals surface area contributed by atoms with Gasteiger partial charge in [-0.05, 0) is 20.5 Å². The summed E-state index contributed by atoms with van der Waals surface area (Å²) >= 11 is 3.44. The van der Waals surface area contributed by atoms with E-state index in [1.54, 1.807) is 0 Å². The Hall–Kier alpha value is 0.400. The molecule has 0 aliphatic rings. The molecule has 0 amide bonds. The highest BCUT2D eigenvalue weighted by Gasteiger charge is 1.89. The molecule has 0 rings (SSSR count). The van der Waals surface area contributed by atoms with Gasteiger partial charge < -0.3 is 10.0 Å². The number of aliphatic hydroxyl groups excluding tert-OH is 1. The van der Waals surface area contributed by atoms with Gasteiger partial charge in [0.2, 0.25) is 0 Å². The van der Waals surface area contributed by atoms with Gasteiger partial charge in [-0.15, -0.1) is 0 Å². The first kappa shape index (κ1) is 19.7. The van der Waals surface area contributed by atoms with Crippen molar-refractivity contribution >= 4 is 15.9 Å². The third-order valence-corrected chi connectivity index (χ3v) is 3.10. The van der Waals surface area contributed by atoms with Crippen molar-refractivity contribution in [3.63, 3.8) is 0 Å². The van der Waals surface area contributed by atoms with Crippen molar-refractivity contribution in [1.29, 1.82) is 0 Å². The lowest BCUT2D eigenvalue weighted by Crippen LogP contribution is -2.15. The largest absolute Gasteiger partial charge is 0.395 e. The minimum Gasteiger partial charge on any atom is -0.395 e. The van der Waals surface area contributed by atoms with Gasteiger partial charge in [-0.3, -0.25) is 0 Å². The fourth-order valence-corrected chi connectivity index (χ4v) is 1.82. The highest BCUT2D eigenvalue weighted by Crippen LogP contribution is 2.08. The summed E-state index contributed by atoms with van der Waals surface area (Å²) < 4.78 is 0. The van der Waals surface area contributed by atoms with Gasteiger partial charge in [0, 0.05) is 11.9 Å². The Balaban J connectivity index is 0. The number of likely N-dealkylation sites (N-methyl/N-ethyl adjacent to an activating group) is 1. The number of unbranched alkanes of at least 4 members (excludes halogenated alkanes) is 7. The van der Waals surface area contributed by atoms with Gasteiger partial charge in [-0.2, -0.15) is 0 Å². The first-order valence-corrected chi connectivity index (χ1v) is 8.12. The van der Waals surface area contributed by atoms with Gasteiger partial charge in [-0.25, -0.2) is 0 Å². The van der Waals surface area contributed by atoms with Crippen molar-refractivity contribution in [3.8, 4) is 0 Å². The summed E-state index contributed by atoms with van der Waals surface area (Å²) in [6.07, 6.45) is 11.4. The molecule has 0 saturated heterocycles. The number of nitrogens with zero attached hydrogens (tertiary/aromatic N) is 1. The van der Waals surface area contributed by atoms with Crippen LogP contribution in [0.25, 0.3) is 0 Å². The molecule has 17 heavy (non-hydrogen) atoms. The van der Waals surface area contributed by atoms with Gasteiger partial charge >= 0.3 is 0 Å². The van der Waals surface area contributed by atoms with Crippen LogP contribution < -0.4 is 0 Å². The van der Waals surface area contributed by atoms with E-state index in [-0.39, 0.29) is 6.61 Å². The summed E-state index contributed by atoms with van der Waals surface area (Å²) in [5.41, 5.74) is 0. The molecule has 0 saturated carbocycles. The topological polar surface area (TPSA) is 23.5 Å². The maximum atomic E-state index is 8.20. The van der Waals surface area contributed by atoms with Crippen LogP contribution in [0.1, 0.15) is 58.3 Å². The zero-order valence-corrected chi connectivity index (χ0v) is 13.6. The third-order valence-electron chi connectivity index (χ3n) is 2.53. The molecule has 0 aromatic heterocycles. The molecular formula is C14H32BrNO. The summed E-state index contributed by atoms with van der Waals surface area (Å²) in [5, 5.41) is 9.38. The second kappa shape index (κ2) is 18.8. The first-order chi connectivity index (χ1) is 8.18. The van der Waals surface area contributed by atoms with Crippen molar-refractivity contribution in [2.24, 2.45) is 0 Å². The average molecular weight is 310 g/mol. The van der Waals surface area contributed by atoms with Gasteiger partial charge in [0.25, 0.3) is 0 Å². The smallest absolute Gasteiger partial charge is 0.0558 e. The van der Waals surface area contributed by atoms with E-state index in [2.05, 4.69) is 22.9 Å². The molecule has 0 fully saturated rings. The fourth-order valence-electron chi connectivity index (χ4n) is 1.43. The minimum absolute atomic E-state index is 0.257. The minimum atomic E-state index is 0.257. The summed E-state index contributed by atoms with van der Waals surface area (Å²) in [6.45, 7) is 3.29. The van der Waals surface area contributed by atoms with Crippen molar-refractivity contribution < 1.29 is 5.11 Å². The number of hydrogen-bond acceptors (Lipinski definition) is 2. The Bertz CT molecular complexity index is 113. The fraction of sp³-hybridized carbons (Fsp3) is 1.00. The number of alkyl halides is 1. The van der Waals surface area contributed by atoms with Crippen molar-refractivity contribution in [2.75, 3.05) is 32.6 Å². The van der Waals surface area contributed by atoms with Crippen LogP contribution in [0.15, 0.2) is 0 Å². The standard InChI is InChI=1S/C10H21Br.C4H11NO/c1-2-3-4-5-6-7-8-9-10-11;1-5(2)3-4-6/h2-10H2,1H3;6H,3-4H2,1-2H3. The molecule has 2 nitrogen and oxygen atoms in total.